The van der Waals surface area contributed by atoms with E-state index >= 15 is 0 Å². The van der Waals surface area contributed by atoms with Gasteiger partial charge in [0.15, 0.2) is 0 Å². The van der Waals surface area contributed by atoms with Crippen molar-refractivity contribution in [3.63, 3.8) is 0 Å². The lowest BCUT2D eigenvalue weighted by Gasteiger charge is -2.30. The van der Waals surface area contributed by atoms with Crippen molar-refractivity contribution in [3.8, 4) is 0 Å². The first-order valence-corrected chi connectivity index (χ1v) is 7.06. The van der Waals surface area contributed by atoms with Crippen LogP contribution >= 0.6 is 0 Å². The van der Waals surface area contributed by atoms with Gasteiger partial charge in [0.05, 0.1) is 6.61 Å². The Labute approximate surface area is 118 Å². The number of aromatic amines is 1. The third-order valence-corrected chi connectivity index (χ3v) is 3.44. The van der Waals surface area contributed by atoms with Gasteiger partial charge >= 0.3 is 5.97 Å². The summed E-state index contributed by atoms with van der Waals surface area (Å²) in [4.78, 5) is 14.1. The SMILES string of the molecule is CCCCOC(=O)C(C)N1CCC=C(c2nn[nH]n2)C1. The van der Waals surface area contributed by atoms with Crippen molar-refractivity contribution in [1.82, 2.24) is 25.5 Å². The highest BCUT2D eigenvalue weighted by atomic mass is 16.5. The zero-order chi connectivity index (χ0) is 14.4. The van der Waals surface area contributed by atoms with Crippen LogP contribution in [0.3, 0.4) is 0 Å². The van der Waals surface area contributed by atoms with Crippen molar-refractivity contribution >= 4 is 11.5 Å². The fourth-order valence-corrected chi connectivity index (χ4v) is 2.14. The number of carbonyl (C=O) groups excluding carboxylic acids is 1. The Morgan fingerprint density at radius 2 is 2.45 bits per heavy atom. The number of unbranched alkanes of at least 4 members (excludes halogenated alkanes) is 1. The van der Waals surface area contributed by atoms with E-state index in [0.717, 1.165) is 31.4 Å². The number of carbonyl (C=O) groups is 1. The molecule has 1 N–H and O–H groups in total. The molecule has 0 fully saturated rings. The molecule has 1 aliphatic rings. The van der Waals surface area contributed by atoms with E-state index in [9.17, 15) is 4.79 Å². The molecule has 0 saturated carbocycles. The van der Waals surface area contributed by atoms with Gasteiger partial charge in [-0.25, -0.2) is 0 Å². The molecule has 0 saturated heterocycles. The Kier molecular flexibility index (Phi) is 5.23. The number of rotatable bonds is 6. The van der Waals surface area contributed by atoms with Crippen LogP contribution in [0.5, 0.6) is 0 Å². The van der Waals surface area contributed by atoms with E-state index < -0.39 is 0 Å². The number of aromatic nitrogens is 4. The Bertz CT molecular complexity index is 457. The zero-order valence-electron chi connectivity index (χ0n) is 12.0. The highest BCUT2D eigenvalue weighted by Gasteiger charge is 2.26. The van der Waals surface area contributed by atoms with Crippen LogP contribution in [0.2, 0.25) is 0 Å². The topological polar surface area (TPSA) is 84.0 Å². The average molecular weight is 279 g/mol. The minimum atomic E-state index is -0.248. The molecule has 2 heterocycles. The van der Waals surface area contributed by atoms with Crippen molar-refractivity contribution < 1.29 is 9.53 Å². The van der Waals surface area contributed by atoms with E-state index in [1.807, 2.05) is 6.92 Å². The van der Waals surface area contributed by atoms with E-state index in [1.54, 1.807) is 0 Å². The first kappa shape index (κ1) is 14.6. The van der Waals surface area contributed by atoms with Gasteiger partial charge in [0.1, 0.15) is 6.04 Å². The second-order valence-corrected chi connectivity index (χ2v) is 4.92. The normalized spacial score (nSPS) is 17.6. The summed E-state index contributed by atoms with van der Waals surface area (Å²) in [5.41, 5.74) is 0.998. The number of tetrazole rings is 1. The molecule has 1 aliphatic heterocycles. The van der Waals surface area contributed by atoms with Gasteiger partial charge < -0.3 is 4.74 Å². The average Bonchev–Trinajstić information content (AvgIpc) is 3.01. The predicted molar refractivity (Wildman–Crippen MR) is 73.7 cm³/mol. The lowest BCUT2D eigenvalue weighted by atomic mass is 10.1. The van der Waals surface area contributed by atoms with Crippen LogP contribution in [-0.4, -0.2) is 57.2 Å². The molecule has 110 valence electrons. The maximum Gasteiger partial charge on any atom is 0.323 e. The Morgan fingerprint density at radius 1 is 1.60 bits per heavy atom. The predicted octanol–water partition coefficient (Wildman–Crippen LogP) is 1.02. The first-order chi connectivity index (χ1) is 9.72. The molecule has 1 aromatic rings. The molecule has 20 heavy (non-hydrogen) atoms. The van der Waals surface area contributed by atoms with E-state index in [4.69, 9.17) is 4.74 Å². The highest BCUT2D eigenvalue weighted by molar-refractivity contribution is 5.76. The van der Waals surface area contributed by atoms with Gasteiger partial charge in [0, 0.05) is 18.7 Å². The third kappa shape index (κ3) is 3.63. The number of H-pyrrole nitrogens is 1. The number of esters is 1. The van der Waals surface area contributed by atoms with Crippen molar-refractivity contribution in [2.45, 2.75) is 39.2 Å². The van der Waals surface area contributed by atoms with Crippen LogP contribution < -0.4 is 0 Å². The maximum absolute atomic E-state index is 12.0. The monoisotopic (exact) mass is 279 g/mol. The van der Waals surface area contributed by atoms with Crippen LogP contribution in [0.4, 0.5) is 0 Å². The van der Waals surface area contributed by atoms with E-state index in [1.165, 1.54) is 0 Å². The molecule has 0 aliphatic carbocycles. The summed E-state index contributed by atoms with van der Waals surface area (Å²) in [7, 11) is 0. The van der Waals surface area contributed by atoms with Crippen LogP contribution in [0, 0.1) is 0 Å². The van der Waals surface area contributed by atoms with E-state index in [0.29, 0.717) is 19.0 Å². The first-order valence-electron chi connectivity index (χ1n) is 7.06. The molecule has 0 radical (unpaired) electrons. The van der Waals surface area contributed by atoms with Gasteiger partial charge in [-0.05, 0) is 25.0 Å². The second kappa shape index (κ2) is 7.14. The lowest BCUT2D eigenvalue weighted by Crippen LogP contribution is -2.43. The highest BCUT2D eigenvalue weighted by Crippen LogP contribution is 2.19. The minimum Gasteiger partial charge on any atom is -0.465 e. The van der Waals surface area contributed by atoms with Crippen LogP contribution in [-0.2, 0) is 9.53 Å². The van der Waals surface area contributed by atoms with Gasteiger partial charge in [-0.15, -0.1) is 10.2 Å². The zero-order valence-corrected chi connectivity index (χ0v) is 12.0. The van der Waals surface area contributed by atoms with Crippen molar-refractivity contribution in [2.24, 2.45) is 0 Å². The molecule has 0 amide bonds. The second-order valence-electron chi connectivity index (χ2n) is 4.92. The van der Waals surface area contributed by atoms with Gasteiger partial charge in [-0.3, -0.25) is 9.69 Å². The van der Waals surface area contributed by atoms with Gasteiger partial charge in [-0.2, -0.15) is 5.21 Å². The molecule has 7 nitrogen and oxygen atoms in total. The summed E-state index contributed by atoms with van der Waals surface area (Å²) in [5, 5.41) is 14.0. The quantitative estimate of drug-likeness (QED) is 0.618. The number of nitrogens with zero attached hydrogens (tertiary/aromatic N) is 4. The standard InChI is InChI=1S/C13H21N5O2/c1-3-4-8-20-13(19)10(2)18-7-5-6-11(9-18)12-14-16-17-15-12/h6,10H,3-5,7-9H2,1-2H3,(H,14,15,16,17). The molecule has 2 rings (SSSR count). The van der Waals surface area contributed by atoms with Crippen LogP contribution in [0.1, 0.15) is 38.9 Å². The lowest BCUT2D eigenvalue weighted by molar-refractivity contribution is -0.149. The van der Waals surface area contributed by atoms with E-state index in [2.05, 4.69) is 38.5 Å². The number of ether oxygens (including phenoxy) is 1. The molecule has 1 aromatic heterocycles. The van der Waals surface area contributed by atoms with Gasteiger partial charge in [0.25, 0.3) is 0 Å². The molecule has 7 heteroatoms. The molecular formula is C13H21N5O2. The Balaban J connectivity index is 1.90. The molecule has 1 unspecified atom stereocenters. The van der Waals surface area contributed by atoms with E-state index in [-0.39, 0.29) is 12.0 Å². The number of nitrogens with one attached hydrogen (secondary N) is 1. The number of hydrogen-bond donors (Lipinski definition) is 1. The Morgan fingerprint density at radius 3 is 3.15 bits per heavy atom. The molecule has 1 atom stereocenters. The Hall–Kier alpha value is -1.76. The third-order valence-electron chi connectivity index (χ3n) is 3.44. The summed E-state index contributed by atoms with van der Waals surface area (Å²) in [6.45, 7) is 5.94. The van der Waals surface area contributed by atoms with Crippen LogP contribution in [0.15, 0.2) is 6.08 Å². The van der Waals surface area contributed by atoms with Gasteiger partial charge in [0.2, 0.25) is 5.82 Å². The molecular weight excluding hydrogens is 258 g/mol. The molecule has 0 bridgehead atoms. The number of hydrogen-bond acceptors (Lipinski definition) is 6. The summed E-state index contributed by atoms with van der Waals surface area (Å²) in [6, 6.07) is -0.248. The maximum atomic E-state index is 12.0. The summed E-state index contributed by atoms with van der Waals surface area (Å²) in [6.07, 6.45) is 4.90. The van der Waals surface area contributed by atoms with Crippen molar-refractivity contribution in [3.05, 3.63) is 11.9 Å². The minimum absolute atomic E-state index is 0.159. The summed E-state index contributed by atoms with van der Waals surface area (Å²) < 4.78 is 5.27. The van der Waals surface area contributed by atoms with Gasteiger partial charge in [-0.1, -0.05) is 19.4 Å². The smallest absolute Gasteiger partial charge is 0.323 e. The molecule has 0 aromatic carbocycles. The summed E-state index contributed by atoms with van der Waals surface area (Å²) in [5.74, 6) is 0.439. The fraction of sp³-hybridized carbons (Fsp3) is 0.692. The van der Waals surface area contributed by atoms with Crippen molar-refractivity contribution in [1.29, 1.82) is 0 Å². The summed E-state index contributed by atoms with van der Waals surface area (Å²) >= 11 is 0. The molecule has 0 spiro atoms. The fourth-order valence-electron chi connectivity index (χ4n) is 2.14. The van der Waals surface area contributed by atoms with Crippen molar-refractivity contribution in [2.75, 3.05) is 19.7 Å². The largest absolute Gasteiger partial charge is 0.465 e. The van der Waals surface area contributed by atoms with Crippen LogP contribution in [0.25, 0.3) is 5.57 Å².